The third kappa shape index (κ3) is 2.42. The van der Waals surface area contributed by atoms with E-state index in [0.717, 1.165) is 0 Å². The minimum atomic E-state index is -0.207. The van der Waals surface area contributed by atoms with E-state index in [1.807, 2.05) is 20.8 Å². The van der Waals surface area contributed by atoms with Crippen LogP contribution in [0.4, 0.5) is 0 Å². The van der Waals surface area contributed by atoms with Crippen molar-refractivity contribution in [1.29, 1.82) is 0 Å². The van der Waals surface area contributed by atoms with Gasteiger partial charge in [-0.3, -0.25) is 4.57 Å². The van der Waals surface area contributed by atoms with Crippen LogP contribution in [0.3, 0.4) is 0 Å². The summed E-state index contributed by atoms with van der Waals surface area (Å²) >= 11 is 0. The Morgan fingerprint density at radius 2 is 2.17 bits per heavy atom. The molecule has 0 saturated heterocycles. The molecule has 0 spiro atoms. The maximum absolute atomic E-state index is 5.51. The molecule has 0 aliphatic rings. The predicted octanol–water partition coefficient (Wildman–Crippen LogP) is 2.13. The molecule has 0 bridgehead atoms. The highest BCUT2D eigenvalue weighted by Gasteiger charge is 2.12. The lowest BCUT2D eigenvalue weighted by atomic mass is 10.2. The number of hydrogen-bond donors (Lipinski definition) is 0. The highest BCUT2D eigenvalue weighted by Crippen LogP contribution is 2.14. The minimum Gasteiger partial charge on any atom is -0.473 e. The number of aromatic nitrogens is 2. The molecule has 0 amide bonds. The first-order valence-corrected chi connectivity index (χ1v) is 3.85. The summed E-state index contributed by atoms with van der Waals surface area (Å²) in [5.41, 5.74) is -0.207. The van der Waals surface area contributed by atoms with E-state index < -0.39 is 0 Å². The first kappa shape index (κ1) is 8.84. The van der Waals surface area contributed by atoms with Crippen LogP contribution in [0, 0.1) is 0 Å². The minimum absolute atomic E-state index is 0.207. The molecule has 0 unspecified atom stereocenters. The normalized spacial score (nSPS) is 11.2. The second kappa shape index (κ2) is 3.01. The molecule has 3 heteroatoms. The van der Waals surface area contributed by atoms with Crippen molar-refractivity contribution in [3.05, 3.63) is 25.3 Å². The summed E-state index contributed by atoms with van der Waals surface area (Å²) in [4.78, 5) is 3.90. The van der Waals surface area contributed by atoms with Gasteiger partial charge in [0.1, 0.15) is 11.9 Å². The third-order valence-electron chi connectivity index (χ3n) is 1.22. The van der Waals surface area contributed by atoms with Crippen LogP contribution < -0.4 is 0 Å². The van der Waals surface area contributed by atoms with Gasteiger partial charge in [0.05, 0.1) is 0 Å². The molecule has 1 rings (SSSR count). The van der Waals surface area contributed by atoms with Crippen LogP contribution in [-0.4, -0.2) is 15.2 Å². The predicted molar refractivity (Wildman–Crippen MR) is 48.4 cm³/mol. The van der Waals surface area contributed by atoms with Crippen molar-refractivity contribution in [3.63, 3.8) is 0 Å². The standard InChI is InChI=1S/C9H14N2O/c1-8(12-9(2,3)4)11-6-5-10-7-11/h5-7H,1H2,2-4H3. The second-order valence-corrected chi connectivity index (χ2v) is 3.58. The molecule has 1 heterocycles. The average Bonchev–Trinajstić information content (AvgIpc) is 2.32. The number of rotatable bonds is 2. The maximum atomic E-state index is 5.51. The molecule has 0 saturated carbocycles. The van der Waals surface area contributed by atoms with Gasteiger partial charge in [-0.15, -0.1) is 0 Å². The van der Waals surface area contributed by atoms with Crippen molar-refractivity contribution in [2.45, 2.75) is 26.4 Å². The van der Waals surface area contributed by atoms with E-state index in [9.17, 15) is 0 Å². The number of imidazole rings is 1. The number of nitrogens with zero attached hydrogens (tertiary/aromatic N) is 2. The molecule has 0 radical (unpaired) electrons. The summed E-state index contributed by atoms with van der Waals surface area (Å²) in [6.45, 7) is 9.73. The fourth-order valence-electron chi connectivity index (χ4n) is 0.813. The first-order valence-electron chi connectivity index (χ1n) is 3.85. The van der Waals surface area contributed by atoms with E-state index in [4.69, 9.17) is 4.74 Å². The molecule has 66 valence electrons. The van der Waals surface area contributed by atoms with Crippen LogP contribution in [0.2, 0.25) is 0 Å². The molecule has 3 nitrogen and oxygen atoms in total. The van der Waals surface area contributed by atoms with Gasteiger partial charge in [0.2, 0.25) is 0 Å². The smallest absolute Gasteiger partial charge is 0.191 e. The second-order valence-electron chi connectivity index (χ2n) is 3.58. The van der Waals surface area contributed by atoms with Crippen molar-refractivity contribution in [1.82, 2.24) is 9.55 Å². The van der Waals surface area contributed by atoms with E-state index in [1.165, 1.54) is 0 Å². The van der Waals surface area contributed by atoms with E-state index in [-0.39, 0.29) is 5.60 Å². The topological polar surface area (TPSA) is 27.1 Å². The van der Waals surface area contributed by atoms with Crippen LogP contribution in [0.5, 0.6) is 0 Å². The summed E-state index contributed by atoms with van der Waals surface area (Å²) in [5.74, 6) is 0.597. The first-order chi connectivity index (χ1) is 5.49. The fourth-order valence-corrected chi connectivity index (χ4v) is 0.813. The molecule has 0 fully saturated rings. The molecular formula is C9H14N2O. The van der Waals surface area contributed by atoms with E-state index in [2.05, 4.69) is 11.6 Å². The van der Waals surface area contributed by atoms with Gasteiger partial charge in [-0.25, -0.2) is 4.98 Å². The molecule has 0 atom stereocenters. The monoisotopic (exact) mass is 166 g/mol. The van der Waals surface area contributed by atoms with Crippen LogP contribution in [0.15, 0.2) is 25.3 Å². The van der Waals surface area contributed by atoms with Gasteiger partial charge in [0, 0.05) is 12.4 Å². The van der Waals surface area contributed by atoms with Crippen molar-refractivity contribution in [2.24, 2.45) is 0 Å². The Balaban J connectivity index is 2.63. The lowest BCUT2D eigenvalue weighted by Crippen LogP contribution is -2.19. The van der Waals surface area contributed by atoms with Gasteiger partial charge in [-0.05, 0) is 27.4 Å². The Bertz CT molecular complexity index is 257. The molecular weight excluding hydrogens is 152 g/mol. The zero-order valence-corrected chi connectivity index (χ0v) is 7.74. The Morgan fingerprint density at radius 1 is 1.50 bits per heavy atom. The zero-order valence-electron chi connectivity index (χ0n) is 7.74. The molecule has 0 N–H and O–H groups in total. The highest BCUT2D eigenvalue weighted by atomic mass is 16.5. The van der Waals surface area contributed by atoms with Gasteiger partial charge >= 0.3 is 0 Å². The Morgan fingerprint density at radius 3 is 2.58 bits per heavy atom. The summed E-state index contributed by atoms with van der Waals surface area (Å²) in [6, 6.07) is 0. The Labute approximate surface area is 72.7 Å². The van der Waals surface area contributed by atoms with Crippen molar-refractivity contribution in [2.75, 3.05) is 0 Å². The molecule has 0 aromatic carbocycles. The molecule has 12 heavy (non-hydrogen) atoms. The fraction of sp³-hybridized carbons (Fsp3) is 0.444. The van der Waals surface area contributed by atoms with Crippen molar-refractivity contribution in [3.8, 4) is 0 Å². The van der Waals surface area contributed by atoms with Gasteiger partial charge < -0.3 is 4.74 Å². The zero-order chi connectivity index (χ0) is 9.19. The van der Waals surface area contributed by atoms with Crippen LogP contribution >= 0.6 is 0 Å². The van der Waals surface area contributed by atoms with Crippen molar-refractivity contribution >= 4 is 5.88 Å². The van der Waals surface area contributed by atoms with E-state index in [0.29, 0.717) is 5.88 Å². The van der Waals surface area contributed by atoms with E-state index in [1.54, 1.807) is 23.3 Å². The molecule has 1 aromatic rings. The van der Waals surface area contributed by atoms with Crippen LogP contribution in [0.1, 0.15) is 20.8 Å². The van der Waals surface area contributed by atoms with Crippen LogP contribution in [-0.2, 0) is 4.74 Å². The molecule has 0 aliphatic carbocycles. The summed E-state index contributed by atoms with van der Waals surface area (Å²) in [7, 11) is 0. The van der Waals surface area contributed by atoms with Crippen LogP contribution in [0.25, 0.3) is 5.88 Å². The largest absolute Gasteiger partial charge is 0.473 e. The quantitative estimate of drug-likeness (QED) is 0.629. The molecule has 1 aromatic heterocycles. The molecule has 0 aliphatic heterocycles. The van der Waals surface area contributed by atoms with Gasteiger partial charge in [0.15, 0.2) is 5.88 Å². The third-order valence-corrected chi connectivity index (χ3v) is 1.22. The summed E-state index contributed by atoms with van der Waals surface area (Å²) in [5, 5.41) is 0. The Kier molecular flexibility index (Phi) is 2.22. The van der Waals surface area contributed by atoms with Gasteiger partial charge in [-0.1, -0.05) is 0 Å². The number of ether oxygens (including phenoxy) is 1. The lowest BCUT2D eigenvalue weighted by molar-refractivity contribution is 0.0869. The van der Waals surface area contributed by atoms with Gasteiger partial charge in [0.25, 0.3) is 0 Å². The van der Waals surface area contributed by atoms with E-state index >= 15 is 0 Å². The average molecular weight is 166 g/mol. The number of hydrogen-bond acceptors (Lipinski definition) is 2. The van der Waals surface area contributed by atoms with Crippen molar-refractivity contribution < 1.29 is 4.74 Å². The Hall–Kier alpha value is -1.25. The maximum Gasteiger partial charge on any atom is 0.191 e. The van der Waals surface area contributed by atoms with Gasteiger partial charge in [-0.2, -0.15) is 0 Å². The lowest BCUT2D eigenvalue weighted by Gasteiger charge is -2.22. The summed E-state index contributed by atoms with van der Waals surface area (Å²) in [6.07, 6.45) is 5.15. The highest BCUT2D eigenvalue weighted by molar-refractivity contribution is 5.31. The SMILES string of the molecule is C=C(OC(C)(C)C)n1ccnc1. The summed E-state index contributed by atoms with van der Waals surface area (Å²) < 4.78 is 7.25.